The molecule has 3 aromatic carbocycles. The number of aryl methyl sites for hydroxylation is 1. The highest BCUT2D eigenvalue weighted by molar-refractivity contribution is 5.98. The Hall–Kier alpha value is -5.38. The van der Waals surface area contributed by atoms with E-state index in [4.69, 9.17) is 9.47 Å². The molecule has 10 nitrogen and oxygen atoms in total. The molecule has 6 bridgehead atoms. The zero-order chi connectivity index (χ0) is 32.1. The normalized spacial score (nSPS) is 16.7. The molecule has 8 rings (SSSR count). The van der Waals surface area contributed by atoms with Crippen molar-refractivity contribution in [1.29, 1.82) is 0 Å². The fourth-order valence-corrected chi connectivity index (χ4v) is 5.02. The van der Waals surface area contributed by atoms with Gasteiger partial charge in [0.15, 0.2) is 5.78 Å². The molecule has 4 aliphatic heterocycles. The molecular formula is C36H36N4O6. The van der Waals surface area contributed by atoms with Crippen LogP contribution < -0.4 is 20.1 Å². The van der Waals surface area contributed by atoms with Gasteiger partial charge >= 0.3 is 0 Å². The van der Waals surface area contributed by atoms with Gasteiger partial charge in [0, 0.05) is 12.8 Å². The highest BCUT2D eigenvalue weighted by atomic mass is 16.5. The largest absolute Gasteiger partial charge is 0.494 e. The van der Waals surface area contributed by atoms with Crippen molar-refractivity contribution in [3.63, 3.8) is 0 Å². The lowest BCUT2D eigenvalue weighted by molar-refractivity contribution is -0.125. The van der Waals surface area contributed by atoms with Crippen molar-refractivity contribution in [2.75, 3.05) is 13.2 Å². The number of carbonyl (C=O) groups excluding carboxylic acids is 4. The molecule has 2 amide bonds. The van der Waals surface area contributed by atoms with Crippen LogP contribution in [-0.4, -0.2) is 59.1 Å². The molecule has 4 aromatic rings. The molecule has 10 heteroatoms. The number of ether oxygens (including phenoxy) is 2. The minimum atomic E-state index is -1.05. The number of benzene rings is 3. The standard InChI is InChI=1S/C36H36N4O6/c41-24-28(20-26-6-2-1-3-7-26)38-35(43)31-21-27-10-15-30(16-11-27)46-19-5-4-18-45-29-13-8-25(9-14-29)12-17-34(42)32-22-37-23-33(39-32)36(44)40-31/h1-3,6-11,13-16,22-24,28,31H,4-5,12,17-21H2,(H,38,43)(H,40,44). The molecule has 0 saturated carbocycles. The summed E-state index contributed by atoms with van der Waals surface area (Å²) in [5.74, 6) is -0.0197. The summed E-state index contributed by atoms with van der Waals surface area (Å²) >= 11 is 0. The summed E-state index contributed by atoms with van der Waals surface area (Å²) in [5, 5.41) is 5.51. The number of amides is 2. The lowest BCUT2D eigenvalue weighted by atomic mass is 10.0. The van der Waals surface area contributed by atoms with Gasteiger partial charge in [-0.2, -0.15) is 0 Å². The number of aromatic nitrogens is 2. The molecule has 2 unspecified atom stereocenters. The van der Waals surface area contributed by atoms with E-state index in [9.17, 15) is 19.2 Å². The van der Waals surface area contributed by atoms with Crippen molar-refractivity contribution in [3.05, 3.63) is 119 Å². The number of nitrogens with zero attached hydrogens (tertiary/aromatic N) is 2. The van der Waals surface area contributed by atoms with E-state index in [1.807, 2.05) is 78.9 Å². The number of Topliss-reactive ketones (excluding diaryl/α,β-unsaturated/α-hetero) is 1. The van der Waals surface area contributed by atoms with Crippen LogP contribution >= 0.6 is 0 Å². The zero-order valence-electron chi connectivity index (χ0n) is 25.4. The van der Waals surface area contributed by atoms with Gasteiger partial charge in [0.25, 0.3) is 5.91 Å². The van der Waals surface area contributed by atoms with Crippen LogP contribution in [0.25, 0.3) is 0 Å². The summed E-state index contributed by atoms with van der Waals surface area (Å²) in [7, 11) is 0. The van der Waals surface area contributed by atoms with Gasteiger partial charge in [0.1, 0.15) is 35.2 Å². The fourth-order valence-electron chi connectivity index (χ4n) is 5.02. The number of ketones is 1. The Morgan fingerprint density at radius 3 is 2.13 bits per heavy atom. The number of aldehydes is 1. The van der Waals surface area contributed by atoms with Crippen LogP contribution in [0.1, 0.15) is 56.9 Å². The lowest BCUT2D eigenvalue weighted by Gasteiger charge is -2.21. The first-order valence-electron chi connectivity index (χ1n) is 15.4. The summed E-state index contributed by atoms with van der Waals surface area (Å²) in [6.45, 7) is 1.08. The number of nitrogens with one attached hydrogen (secondary N) is 2. The maximum absolute atomic E-state index is 13.5. The number of rotatable bonds is 5. The van der Waals surface area contributed by atoms with Crippen LogP contribution in [-0.2, 0) is 28.9 Å². The molecule has 4 aliphatic rings. The van der Waals surface area contributed by atoms with E-state index >= 15 is 0 Å². The van der Waals surface area contributed by atoms with Crippen molar-refractivity contribution >= 4 is 23.9 Å². The molecule has 1 aromatic heterocycles. The van der Waals surface area contributed by atoms with Gasteiger partial charge in [-0.1, -0.05) is 54.6 Å². The highest BCUT2D eigenvalue weighted by Crippen LogP contribution is 2.17. The minimum absolute atomic E-state index is 0.0579. The SMILES string of the molecule is O=CC(Cc1ccccc1)NC(=O)C1Cc2ccc(cc2)OCCCCOc2ccc(cc2)CCC(=O)c2cncc(n2)C(=O)N1. The van der Waals surface area contributed by atoms with Gasteiger partial charge in [-0.05, 0) is 66.6 Å². The lowest BCUT2D eigenvalue weighted by Crippen LogP contribution is -2.51. The van der Waals surface area contributed by atoms with Crippen LogP contribution in [0.4, 0.5) is 0 Å². The van der Waals surface area contributed by atoms with E-state index < -0.39 is 23.9 Å². The Balaban J connectivity index is 1.36. The first-order chi connectivity index (χ1) is 22.5. The number of hydrogen-bond acceptors (Lipinski definition) is 8. The van der Waals surface area contributed by atoms with Gasteiger partial charge in [0.2, 0.25) is 5.91 Å². The second-order valence-corrected chi connectivity index (χ2v) is 11.1. The predicted molar refractivity (Wildman–Crippen MR) is 171 cm³/mol. The molecule has 2 N–H and O–H groups in total. The molecule has 5 heterocycles. The third-order valence-corrected chi connectivity index (χ3v) is 7.57. The van der Waals surface area contributed by atoms with Crippen molar-refractivity contribution in [2.24, 2.45) is 0 Å². The number of hydrogen-bond donors (Lipinski definition) is 2. The molecular weight excluding hydrogens is 584 g/mol. The van der Waals surface area contributed by atoms with Crippen LogP contribution in [0.5, 0.6) is 11.5 Å². The van der Waals surface area contributed by atoms with Gasteiger partial charge in [-0.3, -0.25) is 19.4 Å². The van der Waals surface area contributed by atoms with E-state index in [1.54, 1.807) is 0 Å². The van der Waals surface area contributed by atoms with E-state index in [0.717, 1.165) is 35.3 Å². The first-order valence-corrected chi connectivity index (χ1v) is 15.4. The van der Waals surface area contributed by atoms with Crippen LogP contribution in [0.2, 0.25) is 0 Å². The Bertz CT molecular complexity index is 1630. The fraction of sp³-hybridized carbons (Fsp3) is 0.278. The maximum Gasteiger partial charge on any atom is 0.272 e. The smallest absolute Gasteiger partial charge is 0.272 e. The average molecular weight is 621 g/mol. The summed E-state index contributed by atoms with van der Waals surface area (Å²) in [5.41, 5.74) is 2.57. The topological polar surface area (TPSA) is 137 Å². The second-order valence-electron chi connectivity index (χ2n) is 11.1. The van der Waals surface area contributed by atoms with Crippen molar-refractivity contribution in [3.8, 4) is 11.5 Å². The Kier molecular flexibility index (Phi) is 11.2. The zero-order valence-corrected chi connectivity index (χ0v) is 25.4. The van der Waals surface area contributed by atoms with Crippen molar-refractivity contribution in [1.82, 2.24) is 20.6 Å². The summed E-state index contributed by atoms with van der Waals surface area (Å²) in [6.07, 6.45) is 5.97. The Labute approximate surface area is 267 Å². The molecule has 0 aliphatic carbocycles. The van der Waals surface area contributed by atoms with Gasteiger partial charge in [-0.15, -0.1) is 0 Å². The number of carbonyl (C=O) groups is 4. The van der Waals surface area contributed by atoms with E-state index in [2.05, 4.69) is 20.6 Å². The molecule has 0 saturated heterocycles. The Morgan fingerprint density at radius 2 is 1.48 bits per heavy atom. The minimum Gasteiger partial charge on any atom is -0.494 e. The summed E-state index contributed by atoms with van der Waals surface area (Å²) < 4.78 is 11.7. The maximum atomic E-state index is 13.5. The van der Waals surface area contributed by atoms with Crippen molar-refractivity contribution < 1.29 is 28.7 Å². The molecule has 0 fully saturated rings. The van der Waals surface area contributed by atoms with Gasteiger partial charge < -0.3 is 24.9 Å². The van der Waals surface area contributed by atoms with E-state index in [1.165, 1.54) is 12.4 Å². The molecule has 0 spiro atoms. The van der Waals surface area contributed by atoms with E-state index in [0.29, 0.717) is 38.1 Å². The van der Waals surface area contributed by atoms with Crippen LogP contribution in [0, 0.1) is 0 Å². The van der Waals surface area contributed by atoms with Gasteiger partial charge in [0.05, 0.1) is 31.6 Å². The highest BCUT2D eigenvalue weighted by Gasteiger charge is 2.25. The van der Waals surface area contributed by atoms with Crippen LogP contribution in [0.15, 0.2) is 91.3 Å². The summed E-state index contributed by atoms with van der Waals surface area (Å²) in [4.78, 5) is 60.1. The van der Waals surface area contributed by atoms with Crippen molar-refractivity contribution in [2.45, 2.75) is 50.6 Å². The van der Waals surface area contributed by atoms with Crippen LogP contribution in [0.3, 0.4) is 0 Å². The molecule has 0 radical (unpaired) electrons. The van der Waals surface area contributed by atoms with Gasteiger partial charge in [-0.25, -0.2) is 4.98 Å². The average Bonchev–Trinajstić information content (AvgIpc) is 3.09. The van der Waals surface area contributed by atoms with E-state index in [-0.39, 0.29) is 30.0 Å². The summed E-state index contributed by atoms with van der Waals surface area (Å²) in [6, 6.07) is 22.4. The monoisotopic (exact) mass is 620 g/mol. The molecule has 2 atom stereocenters. The first kappa shape index (κ1) is 32.0. The second kappa shape index (κ2) is 16.1. The molecule has 46 heavy (non-hydrogen) atoms. The third kappa shape index (κ3) is 9.31. The Morgan fingerprint density at radius 1 is 0.848 bits per heavy atom. The third-order valence-electron chi connectivity index (χ3n) is 7.57. The quantitative estimate of drug-likeness (QED) is 0.318. The molecule has 236 valence electrons. The predicted octanol–water partition coefficient (Wildman–Crippen LogP) is 4.11.